The van der Waals surface area contributed by atoms with Crippen molar-refractivity contribution in [3.63, 3.8) is 0 Å². The van der Waals surface area contributed by atoms with Crippen LogP contribution in [0, 0.1) is 0 Å². The average Bonchev–Trinajstić information content (AvgIpc) is 2.59. The Balaban J connectivity index is 2.62. The van der Waals surface area contributed by atoms with Crippen LogP contribution in [0.5, 0.6) is 0 Å². The normalized spacial score (nSPS) is 10.4. The first-order valence-corrected chi connectivity index (χ1v) is 4.01. The number of carbonyl (C=O) groups is 1. The molecule has 0 radical (unpaired) electrons. The fraction of sp³-hybridized carbons (Fsp3) is 0.111. The Hall–Kier alpha value is -2.04. The lowest BCUT2D eigenvalue weighted by atomic mass is 10.3. The minimum absolute atomic E-state index is 0.212. The largest absolute Gasteiger partial charge is 0.464 e. The van der Waals surface area contributed by atoms with Crippen LogP contribution in [0.1, 0.15) is 10.5 Å². The molecule has 0 aliphatic rings. The number of carbonyl (C=O) groups excluding carboxylic acids is 1. The Morgan fingerprint density at radius 3 is 2.86 bits per heavy atom. The minimum Gasteiger partial charge on any atom is -0.464 e. The molecule has 0 saturated heterocycles. The minimum atomic E-state index is -0.456. The summed E-state index contributed by atoms with van der Waals surface area (Å²) >= 11 is 0. The highest BCUT2D eigenvalue weighted by atomic mass is 16.5. The molecule has 0 atom stereocenters. The number of ether oxygens (including phenoxy) is 1. The Labute approximate surface area is 78.7 Å². The van der Waals surface area contributed by atoms with Gasteiger partial charge in [-0.2, -0.15) is 0 Å². The third-order valence-corrected chi connectivity index (χ3v) is 1.92. The number of nitrogens with one attached hydrogen (secondary N) is 2. The molecule has 0 saturated carbocycles. The van der Waals surface area contributed by atoms with Crippen molar-refractivity contribution >= 4 is 17.0 Å². The lowest BCUT2D eigenvalue weighted by molar-refractivity contribution is 0.0595. The van der Waals surface area contributed by atoms with Crippen molar-refractivity contribution in [1.29, 1.82) is 0 Å². The van der Waals surface area contributed by atoms with E-state index in [0.717, 1.165) is 5.39 Å². The standard InChI is InChI=1S/C9H8N2O3/c1-14-9(13)6-4-5-2-3-7(12)11-8(5)10-6/h2-4H,1H3,(H2,10,11,12). The van der Waals surface area contributed by atoms with E-state index >= 15 is 0 Å². The van der Waals surface area contributed by atoms with Gasteiger partial charge >= 0.3 is 5.97 Å². The van der Waals surface area contributed by atoms with Gasteiger partial charge in [-0.05, 0) is 12.1 Å². The van der Waals surface area contributed by atoms with Crippen LogP contribution in [-0.2, 0) is 4.74 Å². The van der Waals surface area contributed by atoms with Crippen molar-refractivity contribution in [2.75, 3.05) is 7.11 Å². The zero-order valence-corrected chi connectivity index (χ0v) is 7.46. The van der Waals surface area contributed by atoms with Gasteiger partial charge in [-0.1, -0.05) is 0 Å². The fourth-order valence-electron chi connectivity index (χ4n) is 1.26. The monoisotopic (exact) mass is 192 g/mol. The van der Waals surface area contributed by atoms with E-state index in [4.69, 9.17) is 0 Å². The van der Waals surface area contributed by atoms with Gasteiger partial charge in [0.2, 0.25) is 5.56 Å². The third kappa shape index (κ3) is 1.28. The molecule has 0 aliphatic heterocycles. The van der Waals surface area contributed by atoms with Crippen molar-refractivity contribution in [3.8, 4) is 0 Å². The van der Waals surface area contributed by atoms with Gasteiger partial charge in [-0.3, -0.25) is 4.79 Å². The van der Waals surface area contributed by atoms with E-state index in [1.807, 2.05) is 0 Å². The zero-order chi connectivity index (χ0) is 10.1. The van der Waals surface area contributed by atoms with Crippen LogP contribution < -0.4 is 5.56 Å². The molecule has 5 nitrogen and oxygen atoms in total. The van der Waals surface area contributed by atoms with Crippen molar-refractivity contribution < 1.29 is 9.53 Å². The van der Waals surface area contributed by atoms with Crippen molar-refractivity contribution in [1.82, 2.24) is 9.97 Å². The lowest BCUT2D eigenvalue weighted by Crippen LogP contribution is -2.03. The second-order valence-corrected chi connectivity index (χ2v) is 2.83. The van der Waals surface area contributed by atoms with Crippen LogP contribution in [0.25, 0.3) is 11.0 Å². The number of pyridine rings is 1. The van der Waals surface area contributed by atoms with Gasteiger partial charge in [0.15, 0.2) is 0 Å². The molecule has 0 unspecified atom stereocenters. The van der Waals surface area contributed by atoms with Gasteiger partial charge in [0.1, 0.15) is 11.3 Å². The van der Waals surface area contributed by atoms with Crippen molar-refractivity contribution in [3.05, 3.63) is 34.2 Å². The predicted octanol–water partition coefficient (Wildman–Crippen LogP) is 0.643. The first-order valence-electron chi connectivity index (χ1n) is 4.01. The van der Waals surface area contributed by atoms with Gasteiger partial charge in [-0.15, -0.1) is 0 Å². The summed E-state index contributed by atoms with van der Waals surface area (Å²) in [6, 6.07) is 4.66. The van der Waals surface area contributed by atoms with Crippen LogP contribution in [0.3, 0.4) is 0 Å². The molecule has 0 spiro atoms. The summed E-state index contributed by atoms with van der Waals surface area (Å²) in [6.07, 6.45) is 0. The van der Waals surface area contributed by atoms with E-state index in [9.17, 15) is 9.59 Å². The highest BCUT2D eigenvalue weighted by molar-refractivity contribution is 5.93. The highest BCUT2D eigenvalue weighted by Gasteiger charge is 2.08. The Morgan fingerprint density at radius 1 is 1.36 bits per heavy atom. The number of rotatable bonds is 1. The van der Waals surface area contributed by atoms with Crippen LogP contribution in [0.2, 0.25) is 0 Å². The SMILES string of the molecule is COC(=O)c1cc2ccc(=O)[nH]c2[nH]1. The Bertz CT molecular complexity index is 538. The number of hydrogen-bond donors (Lipinski definition) is 2. The summed E-state index contributed by atoms with van der Waals surface area (Å²) in [6.45, 7) is 0. The summed E-state index contributed by atoms with van der Waals surface area (Å²) in [5.41, 5.74) is 0.637. The molecule has 5 heteroatoms. The summed E-state index contributed by atoms with van der Waals surface area (Å²) in [4.78, 5) is 27.4. The maximum absolute atomic E-state index is 11.1. The molecule has 0 aliphatic carbocycles. The summed E-state index contributed by atoms with van der Waals surface area (Å²) in [7, 11) is 1.30. The van der Waals surface area contributed by atoms with Crippen LogP contribution in [0.4, 0.5) is 0 Å². The summed E-state index contributed by atoms with van der Waals surface area (Å²) in [5.74, 6) is -0.456. The van der Waals surface area contributed by atoms with Crippen LogP contribution in [0.15, 0.2) is 23.0 Å². The molecular formula is C9H8N2O3. The molecule has 2 N–H and O–H groups in total. The molecule has 2 heterocycles. The molecule has 2 aromatic rings. The highest BCUT2D eigenvalue weighted by Crippen LogP contribution is 2.11. The molecule has 0 aromatic carbocycles. The molecule has 0 bridgehead atoms. The quantitative estimate of drug-likeness (QED) is 0.651. The van der Waals surface area contributed by atoms with E-state index in [0.29, 0.717) is 11.3 Å². The fourth-order valence-corrected chi connectivity index (χ4v) is 1.26. The van der Waals surface area contributed by atoms with Crippen LogP contribution >= 0.6 is 0 Å². The second-order valence-electron chi connectivity index (χ2n) is 2.83. The van der Waals surface area contributed by atoms with Gasteiger partial charge < -0.3 is 14.7 Å². The molecule has 14 heavy (non-hydrogen) atoms. The van der Waals surface area contributed by atoms with E-state index in [1.54, 1.807) is 12.1 Å². The molecule has 0 fully saturated rings. The maximum Gasteiger partial charge on any atom is 0.354 e. The van der Waals surface area contributed by atoms with Gasteiger partial charge in [0.25, 0.3) is 0 Å². The summed E-state index contributed by atoms with van der Waals surface area (Å²) in [5, 5.41) is 0.769. The lowest BCUT2D eigenvalue weighted by Gasteiger charge is -1.91. The number of aromatic amines is 2. The molecule has 2 rings (SSSR count). The average molecular weight is 192 g/mol. The summed E-state index contributed by atoms with van der Waals surface area (Å²) < 4.78 is 4.53. The number of methoxy groups -OCH3 is 1. The van der Waals surface area contributed by atoms with Crippen molar-refractivity contribution in [2.45, 2.75) is 0 Å². The van der Waals surface area contributed by atoms with E-state index in [2.05, 4.69) is 14.7 Å². The molecular weight excluding hydrogens is 184 g/mol. The first kappa shape index (κ1) is 8.55. The van der Waals surface area contributed by atoms with E-state index in [-0.39, 0.29) is 5.56 Å². The zero-order valence-electron chi connectivity index (χ0n) is 7.46. The molecule has 2 aromatic heterocycles. The number of hydrogen-bond acceptors (Lipinski definition) is 3. The first-order chi connectivity index (χ1) is 6.70. The van der Waals surface area contributed by atoms with Gasteiger partial charge in [0, 0.05) is 11.5 Å². The maximum atomic E-state index is 11.1. The topological polar surface area (TPSA) is 75.0 Å². The Morgan fingerprint density at radius 2 is 2.14 bits per heavy atom. The van der Waals surface area contributed by atoms with Crippen molar-refractivity contribution in [2.24, 2.45) is 0 Å². The number of H-pyrrole nitrogens is 2. The van der Waals surface area contributed by atoms with E-state index < -0.39 is 5.97 Å². The number of aromatic nitrogens is 2. The smallest absolute Gasteiger partial charge is 0.354 e. The predicted molar refractivity (Wildman–Crippen MR) is 50.3 cm³/mol. The van der Waals surface area contributed by atoms with Gasteiger partial charge in [0.05, 0.1) is 7.11 Å². The van der Waals surface area contributed by atoms with Crippen LogP contribution in [-0.4, -0.2) is 23.0 Å². The second kappa shape index (κ2) is 3.02. The molecule has 0 amide bonds. The van der Waals surface area contributed by atoms with E-state index in [1.165, 1.54) is 13.2 Å². The molecule has 72 valence electrons. The van der Waals surface area contributed by atoms with Gasteiger partial charge in [-0.25, -0.2) is 4.79 Å². The Kier molecular flexibility index (Phi) is 1.85. The third-order valence-electron chi connectivity index (χ3n) is 1.92. The number of fused-ring (bicyclic) bond motifs is 1. The number of esters is 1.